The third-order valence-corrected chi connectivity index (χ3v) is 1.000. The van der Waals surface area contributed by atoms with Crippen LogP contribution in [-0.4, -0.2) is 0 Å². The Hall–Kier alpha value is 0. The summed E-state index contributed by atoms with van der Waals surface area (Å²) >= 11 is 0. The lowest BCUT2D eigenvalue weighted by molar-refractivity contribution is 0.504. The molecule has 0 aromatic rings. The Morgan fingerprint density at radius 3 is 0.312 bits per heavy atom. The lowest BCUT2D eigenvalue weighted by atomic mass is 10.0. The molecule has 0 heterocycles. The van der Waals surface area contributed by atoms with Crippen LogP contribution in [0, 0.1) is 0 Å². The highest BCUT2D eigenvalue weighted by Crippen LogP contribution is 2.15. The minimum absolute atomic E-state index is 1.50. The second-order valence-electron chi connectivity index (χ2n) is 1.41. The van der Waals surface area contributed by atoms with Gasteiger partial charge in [0.05, 0.1) is 0 Å². The van der Waals surface area contributed by atoms with Crippen molar-refractivity contribution in [2.75, 3.05) is 0 Å². The fourth-order valence-corrected chi connectivity index (χ4v) is 0.250. The lowest BCUT2D eigenvalue weighted by Gasteiger charge is -2.05. The monoisotopic (exact) mass is 236 g/mol. The predicted octanol–water partition coefficient (Wildman–Crippen LogP) is 7.72. The van der Waals surface area contributed by atoms with Gasteiger partial charge >= 0.3 is 0 Å². The van der Waals surface area contributed by atoms with Gasteiger partial charge in [0.15, 0.2) is 0 Å². The summed E-state index contributed by atoms with van der Waals surface area (Å²) < 4.78 is 0. The Balaban J connectivity index is -0.0000000190. The molecule has 0 amide bonds. The molecule has 0 unspecified atom stereocenters. The van der Waals surface area contributed by atoms with E-state index >= 15 is 0 Å². The summed E-state index contributed by atoms with van der Waals surface area (Å²) in [5, 5.41) is 0. The molecular weight excluding hydrogens is 192 g/mol. The van der Waals surface area contributed by atoms with E-state index in [-0.39, 0.29) is 0 Å². The van der Waals surface area contributed by atoms with Crippen LogP contribution in [0.1, 0.15) is 109 Å². The van der Waals surface area contributed by atoms with Crippen molar-refractivity contribution >= 4 is 0 Å². The molecular formula is C16H44. The molecule has 1 aliphatic rings. The van der Waals surface area contributed by atoms with Gasteiger partial charge in [0.1, 0.15) is 0 Å². The molecule has 16 heavy (non-hydrogen) atoms. The van der Waals surface area contributed by atoms with Crippen LogP contribution >= 0.6 is 0 Å². The minimum Gasteiger partial charge on any atom is -0.0683 e. The molecule has 0 nitrogen and oxygen atoms in total. The van der Waals surface area contributed by atoms with E-state index < -0.39 is 0 Å². The Morgan fingerprint density at radius 1 is 0.250 bits per heavy atom. The van der Waals surface area contributed by atoms with Crippen LogP contribution in [0.2, 0.25) is 0 Å². The quantitative estimate of drug-likeness (QED) is 0.404. The largest absolute Gasteiger partial charge is 0.0683 e. The van der Waals surface area contributed by atoms with Gasteiger partial charge in [0, 0.05) is 0 Å². The first-order chi connectivity index (χ1) is 8.00. The molecule has 1 saturated carbocycles. The highest BCUT2D eigenvalue weighted by Gasteiger charge is 1.95. The van der Waals surface area contributed by atoms with Gasteiger partial charge in [-0.2, -0.15) is 0 Å². The van der Waals surface area contributed by atoms with E-state index in [0.717, 1.165) is 0 Å². The summed E-state index contributed by atoms with van der Waals surface area (Å²) in [4.78, 5) is 0. The van der Waals surface area contributed by atoms with Crippen molar-refractivity contribution < 1.29 is 0 Å². The SMILES string of the molecule is C1CCC1.CC.CC.CC.CC.CC.CC. The lowest BCUT2D eigenvalue weighted by Crippen LogP contribution is -1.85. The first kappa shape index (κ1) is 36.0. The first-order valence-electron chi connectivity index (χ1n) is 8.00. The molecule has 108 valence electrons. The minimum atomic E-state index is 1.50. The maximum absolute atomic E-state index is 2.00. The Labute approximate surface area is 109 Å². The predicted molar refractivity (Wildman–Crippen MR) is 86.6 cm³/mol. The van der Waals surface area contributed by atoms with Gasteiger partial charge in [-0.25, -0.2) is 0 Å². The summed E-state index contributed by atoms with van der Waals surface area (Å²) in [6.45, 7) is 24.0. The highest BCUT2D eigenvalue weighted by molar-refractivity contribution is 4.50. The van der Waals surface area contributed by atoms with Gasteiger partial charge in [0.25, 0.3) is 0 Å². The summed E-state index contributed by atoms with van der Waals surface area (Å²) in [5.74, 6) is 0. The second kappa shape index (κ2) is 184. The zero-order valence-electron chi connectivity index (χ0n) is 14.8. The highest BCUT2D eigenvalue weighted by atomic mass is 14.0. The number of rotatable bonds is 0. The van der Waals surface area contributed by atoms with E-state index in [1.54, 1.807) is 0 Å². The molecule has 1 fully saturated rings. The summed E-state index contributed by atoms with van der Waals surface area (Å²) in [6, 6.07) is 0. The molecule has 0 bridgehead atoms. The molecule has 0 aromatic heterocycles. The molecule has 0 saturated heterocycles. The van der Waals surface area contributed by atoms with E-state index in [9.17, 15) is 0 Å². The molecule has 0 spiro atoms. The van der Waals surface area contributed by atoms with Crippen LogP contribution in [0.4, 0.5) is 0 Å². The summed E-state index contributed by atoms with van der Waals surface area (Å²) in [6.07, 6.45) is 6.00. The van der Waals surface area contributed by atoms with E-state index in [0.29, 0.717) is 0 Å². The number of hydrogen-bond donors (Lipinski definition) is 0. The molecule has 1 aliphatic carbocycles. The third kappa shape index (κ3) is 148. The maximum atomic E-state index is 2.00. The molecule has 0 aliphatic heterocycles. The van der Waals surface area contributed by atoms with Gasteiger partial charge in [-0.15, -0.1) is 0 Å². The summed E-state index contributed by atoms with van der Waals surface area (Å²) in [7, 11) is 0. The second-order valence-corrected chi connectivity index (χ2v) is 1.41. The van der Waals surface area contributed by atoms with Gasteiger partial charge in [-0.05, 0) is 0 Å². The molecule has 0 aromatic carbocycles. The zero-order chi connectivity index (χ0) is 14.8. The van der Waals surface area contributed by atoms with Crippen molar-refractivity contribution in [1.82, 2.24) is 0 Å². The van der Waals surface area contributed by atoms with Crippen LogP contribution in [0.25, 0.3) is 0 Å². The van der Waals surface area contributed by atoms with Crippen molar-refractivity contribution in [2.45, 2.75) is 109 Å². The van der Waals surface area contributed by atoms with Crippen molar-refractivity contribution in [2.24, 2.45) is 0 Å². The third-order valence-electron chi connectivity index (χ3n) is 1.000. The Bertz CT molecular complexity index is 8.00. The van der Waals surface area contributed by atoms with E-state index in [1.165, 1.54) is 25.7 Å². The molecule has 1 rings (SSSR count). The first-order valence-corrected chi connectivity index (χ1v) is 8.00. The van der Waals surface area contributed by atoms with Crippen molar-refractivity contribution in [3.8, 4) is 0 Å². The molecule has 0 heteroatoms. The molecule has 0 N–H and O–H groups in total. The van der Waals surface area contributed by atoms with E-state index in [1.807, 2.05) is 83.1 Å². The average molecular weight is 237 g/mol. The summed E-state index contributed by atoms with van der Waals surface area (Å²) in [5.41, 5.74) is 0. The Kier molecular flexibility index (Phi) is 413. The number of hydrogen-bond acceptors (Lipinski definition) is 0. The molecule has 0 atom stereocenters. The van der Waals surface area contributed by atoms with Crippen LogP contribution < -0.4 is 0 Å². The van der Waals surface area contributed by atoms with Gasteiger partial charge in [0.2, 0.25) is 0 Å². The van der Waals surface area contributed by atoms with Crippen LogP contribution in [0.15, 0.2) is 0 Å². The van der Waals surface area contributed by atoms with Gasteiger partial charge in [-0.1, -0.05) is 109 Å². The van der Waals surface area contributed by atoms with Gasteiger partial charge < -0.3 is 0 Å². The zero-order valence-corrected chi connectivity index (χ0v) is 14.8. The van der Waals surface area contributed by atoms with Crippen LogP contribution in [0.5, 0.6) is 0 Å². The fraction of sp³-hybridized carbons (Fsp3) is 1.00. The van der Waals surface area contributed by atoms with E-state index in [4.69, 9.17) is 0 Å². The van der Waals surface area contributed by atoms with E-state index in [2.05, 4.69) is 0 Å². The fourth-order valence-electron chi connectivity index (χ4n) is 0.250. The standard InChI is InChI=1S/C4H8.6C2H6/c1-2-4-3-1;6*1-2/h1-4H2;6*1-2H3. The van der Waals surface area contributed by atoms with Crippen LogP contribution in [-0.2, 0) is 0 Å². The van der Waals surface area contributed by atoms with Crippen LogP contribution in [0.3, 0.4) is 0 Å². The van der Waals surface area contributed by atoms with Crippen molar-refractivity contribution in [1.29, 1.82) is 0 Å². The van der Waals surface area contributed by atoms with Crippen molar-refractivity contribution in [3.05, 3.63) is 0 Å². The maximum Gasteiger partial charge on any atom is -0.0533 e. The smallest absolute Gasteiger partial charge is 0.0533 e. The van der Waals surface area contributed by atoms with Gasteiger partial charge in [-0.3, -0.25) is 0 Å². The normalized spacial score (nSPS) is 8.25. The Morgan fingerprint density at radius 2 is 0.312 bits per heavy atom. The topological polar surface area (TPSA) is 0 Å². The van der Waals surface area contributed by atoms with Crippen molar-refractivity contribution in [3.63, 3.8) is 0 Å². The average Bonchev–Trinajstić information content (AvgIpc) is 2.41. The molecule has 0 radical (unpaired) electrons.